The van der Waals surface area contributed by atoms with Crippen LogP contribution in [-0.4, -0.2) is 10.2 Å². The summed E-state index contributed by atoms with van der Waals surface area (Å²) in [4.78, 5) is 0. The van der Waals surface area contributed by atoms with E-state index < -0.39 is 0 Å². The van der Waals surface area contributed by atoms with E-state index in [0.717, 1.165) is 43.8 Å². The smallest absolute Gasteiger partial charge is 0.132 e. The Balaban J connectivity index is 1.81. The molecule has 0 aliphatic heterocycles. The zero-order valence-electron chi connectivity index (χ0n) is 28.4. The molecule has 0 saturated carbocycles. The minimum Gasteiger partial charge on any atom is -0.507 e. The normalized spacial score (nSPS) is 12.0. The van der Waals surface area contributed by atoms with Gasteiger partial charge >= 0.3 is 0 Å². The van der Waals surface area contributed by atoms with Crippen molar-refractivity contribution in [2.75, 3.05) is 0 Å². The number of aromatic hydroxyl groups is 2. The number of rotatable bonds is 7. The van der Waals surface area contributed by atoms with Crippen LogP contribution in [0.4, 0.5) is 0 Å². The Morgan fingerprint density at radius 3 is 0.978 bits per heavy atom. The lowest BCUT2D eigenvalue weighted by atomic mass is 9.80. The van der Waals surface area contributed by atoms with Gasteiger partial charge < -0.3 is 10.2 Å². The lowest BCUT2D eigenvalue weighted by molar-refractivity contribution is 0.472. The van der Waals surface area contributed by atoms with E-state index in [1.165, 1.54) is 22.3 Å². The SMILES string of the molecule is CC(C)c1cccc(C(C)C)c1-c1cc2ccccc2c(-c2c(O)c(-c3c(C(C)C)cccc3C(C)C)cc3ccccc23)c1O. The highest BCUT2D eigenvalue weighted by molar-refractivity contribution is 6.14. The lowest BCUT2D eigenvalue weighted by Gasteiger charge is -2.25. The quantitative estimate of drug-likeness (QED) is 0.190. The Morgan fingerprint density at radius 1 is 0.370 bits per heavy atom. The Kier molecular flexibility index (Phi) is 8.42. The van der Waals surface area contributed by atoms with Gasteiger partial charge in [-0.15, -0.1) is 0 Å². The van der Waals surface area contributed by atoms with E-state index in [1.54, 1.807) is 0 Å². The van der Waals surface area contributed by atoms with Crippen LogP contribution in [0.5, 0.6) is 11.5 Å². The molecule has 0 fully saturated rings. The van der Waals surface area contributed by atoms with Crippen LogP contribution in [0.1, 0.15) is 101 Å². The Hall–Kier alpha value is -4.56. The van der Waals surface area contributed by atoms with E-state index in [9.17, 15) is 10.2 Å². The Bertz CT molecular complexity index is 1870. The molecule has 0 unspecified atom stereocenters. The second-order valence-corrected chi connectivity index (χ2v) is 14.0. The van der Waals surface area contributed by atoms with Crippen LogP contribution in [0, 0.1) is 0 Å². The highest BCUT2D eigenvalue weighted by Gasteiger charge is 2.27. The van der Waals surface area contributed by atoms with Crippen LogP contribution in [0.3, 0.4) is 0 Å². The first-order valence-electron chi connectivity index (χ1n) is 16.8. The van der Waals surface area contributed by atoms with Crippen LogP contribution < -0.4 is 0 Å². The summed E-state index contributed by atoms with van der Waals surface area (Å²) >= 11 is 0. The second kappa shape index (κ2) is 12.3. The van der Waals surface area contributed by atoms with E-state index in [2.05, 4.69) is 128 Å². The number of phenolic OH excluding ortho intramolecular Hbond substituents is 2. The van der Waals surface area contributed by atoms with Gasteiger partial charge in [-0.25, -0.2) is 0 Å². The predicted molar refractivity (Wildman–Crippen MR) is 197 cm³/mol. The molecule has 2 nitrogen and oxygen atoms in total. The maximum absolute atomic E-state index is 12.6. The van der Waals surface area contributed by atoms with E-state index >= 15 is 0 Å². The molecule has 6 aromatic carbocycles. The maximum Gasteiger partial charge on any atom is 0.132 e. The van der Waals surface area contributed by atoms with Gasteiger partial charge in [-0.05, 0) is 90.7 Å². The molecule has 234 valence electrons. The van der Waals surface area contributed by atoms with Crippen molar-refractivity contribution in [2.45, 2.75) is 79.1 Å². The van der Waals surface area contributed by atoms with Gasteiger partial charge in [0.15, 0.2) is 0 Å². The summed E-state index contributed by atoms with van der Waals surface area (Å²) in [6, 6.07) is 33.8. The molecule has 0 spiro atoms. The van der Waals surface area contributed by atoms with Gasteiger partial charge in [-0.1, -0.05) is 140 Å². The number of hydrogen-bond acceptors (Lipinski definition) is 2. The fourth-order valence-electron chi connectivity index (χ4n) is 7.28. The van der Waals surface area contributed by atoms with E-state index in [0.29, 0.717) is 11.1 Å². The van der Waals surface area contributed by atoms with E-state index in [4.69, 9.17) is 0 Å². The van der Waals surface area contributed by atoms with Gasteiger partial charge in [0, 0.05) is 22.3 Å². The molecular weight excluding hydrogens is 560 g/mol. The topological polar surface area (TPSA) is 40.5 Å². The number of phenols is 2. The summed E-state index contributed by atoms with van der Waals surface area (Å²) in [6.45, 7) is 17.7. The van der Waals surface area contributed by atoms with Crippen molar-refractivity contribution < 1.29 is 10.2 Å². The Morgan fingerprint density at radius 2 is 0.674 bits per heavy atom. The van der Waals surface area contributed by atoms with Gasteiger partial charge in [0.2, 0.25) is 0 Å². The fourth-order valence-corrected chi connectivity index (χ4v) is 7.28. The van der Waals surface area contributed by atoms with Crippen LogP contribution in [0.2, 0.25) is 0 Å². The Labute approximate surface area is 274 Å². The molecule has 2 heteroatoms. The molecule has 6 aromatic rings. The number of hydrogen-bond donors (Lipinski definition) is 2. The van der Waals surface area contributed by atoms with Crippen molar-refractivity contribution in [1.82, 2.24) is 0 Å². The second-order valence-electron chi connectivity index (χ2n) is 14.0. The highest BCUT2D eigenvalue weighted by Crippen LogP contribution is 2.54. The largest absolute Gasteiger partial charge is 0.507 e. The summed E-state index contributed by atoms with van der Waals surface area (Å²) in [5.41, 5.74) is 9.96. The molecule has 0 amide bonds. The predicted octanol–water partition coefficient (Wildman–Crippen LogP) is 12.9. The third kappa shape index (κ3) is 5.24. The maximum atomic E-state index is 12.6. The number of benzene rings is 6. The van der Waals surface area contributed by atoms with Crippen LogP contribution >= 0.6 is 0 Å². The molecule has 0 bridgehead atoms. The van der Waals surface area contributed by atoms with Gasteiger partial charge in [-0.2, -0.15) is 0 Å². The fraction of sp³-hybridized carbons (Fsp3) is 0.273. The van der Waals surface area contributed by atoms with E-state index in [-0.39, 0.29) is 35.2 Å². The van der Waals surface area contributed by atoms with Gasteiger partial charge in [0.05, 0.1) is 0 Å². The zero-order valence-corrected chi connectivity index (χ0v) is 28.4. The van der Waals surface area contributed by atoms with Crippen LogP contribution in [0.25, 0.3) is 54.9 Å². The molecule has 0 aliphatic rings. The molecule has 46 heavy (non-hydrogen) atoms. The molecule has 6 rings (SSSR count). The lowest BCUT2D eigenvalue weighted by Crippen LogP contribution is -2.02. The van der Waals surface area contributed by atoms with Gasteiger partial charge in [0.25, 0.3) is 0 Å². The van der Waals surface area contributed by atoms with Crippen LogP contribution in [0.15, 0.2) is 97.1 Å². The van der Waals surface area contributed by atoms with Gasteiger partial charge in [0.1, 0.15) is 11.5 Å². The monoisotopic (exact) mass is 606 g/mol. The van der Waals surface area contributed by atoms with Crippen molar-refractivity contribution in [3.63, 3.8) is 0 Å². The van der Waals surface area contributed by atoms with Crippen molar-refractivity contribution >= 4 is 21.5 Å². The van der Waals surface area contributed by atoms with Crippen molar-refractivity contribution in [2.24, 2.45) is 0 Å². The first kappa shape index (κ1) is 31.4. The third-order valence-electron chi connectivity index (χ3n) is 9.58. The molecular formula is C44H46O2. The van der Waals surface area contributed by atoms with Crippen LogP contribution in [-0.2, 0) is 0 Å². The molecule has 0 radical (unpaired) electrons. The molecule has 0 heterocycles. The highest BCUT2D eigenvalue weighted by atomic mass is 16.3. The minimum absolute atomic E-state index is 0.201. The first-order valence-corrected chi connectivity index (χ1v) is 16.8. The van der Waals surface area contributed by atoms with Crippen molar-refractivity contribution in [1.29, 1.82) is 0 Å². The zero-order chi connectivity index (χ0) is 32.9. The summed E-state index contributed by atoms with van der Waals surface area (Å²) in [6.07, 6.45) is 0. The van der Waals surface area contributed by atoms with Gasteiger partial charge in [-0.3, -0.25) is 0 Å². The summed E-state index contributed by atoms with van der Waals surface area (Å²) in [7, 11) is 0. The molecule has 2 N–H and O–H groups in total. The molecule has 0 aromatic heterocycles. The van der Waals surface area contributed by atoms with E-state index in [1.807, 2.05) is 24.3 Å². The number of fused-ring (bicyclic) bond motifs is 2. The summed E-state index contributed by atoms with van der Waals surface area (Å²) in [5, 5.41) is 29.1. The minimum atomic E-state index is 0.201. The molecule has 0 aliphatic carbocycles. The average Bonchev–Trinajstić information content (AvgIpc) is 3.04. The summed E-state index contributed by atoms with van der Waals surface area (Å²) in [5.74, 6) is 1.47. The summed E-state index contributed by atoms with van der Waals surface area (Å²) < 4.78 is 0. The molecule has 0 atom stereocenters. The first-order chi connectivity index (χ1) is 22.0. The third-order valence-corrected chi connectivity index (χ3v) is 9.58. The van der Waals surface area contributed by atoms with Crippen molar-refractivity contribution in [3.05, 3.63) is 119 Å². The molecule has 0 saturated heterocycles. The van der Waals surface area contributed by atoms with Crippen molar-refractivity contribution in [3.8, 4) is 44.9 Å². The standard InChI is InChI=1S/C44H46O2/c1-25(2)31-19-13-20-32(26(3)4)39(31)37-23-29-15-9-11-17-35(29)41(43(37)45)42-36-18-12-10-16-30(36)24-38(44(42)46)40-33(27(5)6)21-14-22-34(40)28(7)8/h9-28,45-46H,1-8H3. The average molecular weight is 607 g/mol.